The third-order valence-electron chi connectivity index (χ3n) is 8.29. The van der Waals surface area contributed by atoms with E-state index in [-0.39, 0.29) is 11.5 Å². The predicted octanol–water partition coefficient (Wildman–Crippen LogP) is 5.35. The van der Waals surface area contributed by atoms with Crippen LogP contribution in [0.4, 0.5) is 22.2 Å². The highest BCUT2D eigenvalue weighted by atomic mass is 16.6. The van der Waals surface area contributed by atoms with Gasteiger partial charge >= 0.3 is 6.09 Å². The van der Waals surface area contributed by atoms with Crippen LogP contribution in [-0.4, -0.2) is 56.2 Å². The number of nitrogens with zero attached hydrogens (tertiary/aromatic N) is 6. The Morgan fingerprint density at radius 3 is 2.62 bits per heavy atom. The minimum absolute atomic E-state index is 0.108. The summed E-state index contributed by atoms with van der Waals surface area (Å²) in [6.45, 7) is 10.8. The molecule has 1 atom stereocenters. The second-order valence-corrected chi connectivity index (χ2v) is 12.1. The molecule has 1 unspecified atom stereocenters. The van der Waals surface area contributed by atoms with Gasteiger partial charge < -0.3 is 19.9 Å². The Hall–Kier alpha value is -3.75. The normalized spacial score (nSPS) is 19.6. The molecule has 0 saturated carbocycles. The van der Waals surface area contributed by atoms with Crippen LogP contribution in [-0.2, 0) is 23.1 Å². The number of piperidine rings is 1. The van der Waals surface area contributed by atoms with Crippen LogP contribution in [0, 0.1) is 0 Å². The van der Waals surface area contributed by atoms with E-state index in [1.165, 1.54) is 28.1 Å². The molecule has 1 N–H and O–H groups in total. The zero-order valence-electron chi connectivity index (χ0n) is 23.3. The molecule has 2 aromatic heterocycles. The van der Waals surface area contributed by atoms with Crippen LogP contribution in [0.1, 0.15) is 75.3 Å². The molecule has 1 saturated heterocycles. The van der Waals surface area contributed by atoms with Gasteiger partial charge in [0.1, 0.15) is 17.7 Å². The number of nitrogens with one attached hydrogen (secondary N) is 1. The molecule has 204 valence electrons. The lowest BCUT2D eigenvalue weighted by molar-refractivity contribution is 0.0170. The second kappa shape index (κ2) is 9.77. The van der Waals surface area contributed by atoms with Gasteiger partial charge in [0.05, 0.1) is 0 Å². The van der Waals surface area contributed by atoms with Gasteiger partial charge in [0, 0.05) is 60.9 Å². The maximum absolute atomic E-state index is 12.9. The molecule has 3 aliphatic rings. The van der Waals surface area contributed by atoms with Crippen molar-refractivity contribution in [2.75, 3.05) is 29.9 Å². The van der Waals surface area contributed by atoms with Gasteiger partial charge in [-0.2, -0.15) is 0 Å². The third-order valence-corrected chi connectivity index (χ3v) is 8.29. The summed E-state index contributed by atoms with van der Waals surface area (Å²) in [6, 6.07) is 8.38. The first-order chi connectivity index (χ1) is 18.7. The maximum atomic E-state index is 12.9. The molecule has 39 heavy (non-hydrogen) atoms. The summed E-state index contributed by atoms with van der Waals surface area (Å²) in [5, 5.41) is 3.42. The Balaban J connectivity index is 1.36. The number of benzene rings is 1. The molecule has 1 amide bonds. The molecule has 1 aliphatic carbocycles. The summed E-state index contributed by atoms with van der Waals surface area (Å²) in [6.07, 6.45) is 8.82. The molecule has 0 radical (unpaired) electrons. The van der Waals surface area contributed by atoms with Gasteiger partial charge in [-0.15, -0.1) is 0 Å². The Morgan fingerprint density at radius 2 is 1.87 bits per heavy atom. The van der Waals surface area contributed by atoms with Crippen LogP contribution in [0.25, 0.3) is 0 Å². The Kier molecular flexibility index (Phi) is 6.40. The second-order valence-electron chi connectivity index (χ2n) is 12.1. The van der Waals surface area contributed by atoms with Gasteiger partial charge in [0.2, 0.25) is 5.95 Å². The highest BCUT2D eigenvalue weighted by molar-refractivity contribution is 5.76. The minimum Gasteiger partial charge on any atom is -0.444 e. The summed E-state index contributed by atoms with van der Waals surface area (Å²) >= 11 is 0. The fourth-order valence-corrected chi connectivity index (χ4v) is 6.48. The summed E-state index contributed by atoms with van der Waals surface area (Å²) in [4.78, 5) is 35.4. The molecule has 1 fully saturated rings. The van der Waals surface area contributed by atoms with Crippen molar-refractivity contribution in [2.45, 2.75) is 76.9 Å². The van der Waals surface area contributed by atoms with Crippen LogP contribution in [0.2, 0.25) is 0 Å². The number of ether oxygens (including phenoxy) is 1. The predicted molar refractivity (Wildman–Crippen MR) is 150 cm³/mol. The molecule has 6 rings (SSSR count). The smallest absolute Gasteiger partial charge is 0.410 e. The number of aromatic nitrogens is 4. The molecule has 9 nitrogen and oxygen atoms in total. The highest BCUT2D eigenvalue weighted by Crippen LogP contribution is 2.52. The quantitative estimate of drug-likeness (QED) is 0.485. The van der Waals surface area contributed by atoms with E-state index in [4.69, 9.17) is 9.72 Å². The van der Waals surface area contributed by atoms with Crippen LogP contribution in [0.15, 0.2) is 43.0 Å². The average Bonchev–Trinajstić information content (AvgIpc) is 3.46. The summed E-state index contributed by atoms with van der Waals surface area (Å²) < 4.78 is 5.70. The number of hydrogen-bond donors (Lipinski definition) is 1. The maximum Gasteiger partial charge on any atom is 0.410 e. The Bertz CT molecular complexity index is 1360. The first-order valence-electron chi connectivity index (χ1n) is 14.0. The van der Waals surface area contributed by atoms with E-state index in [0.29, 0.717) is 31.5 Å². The van der Waals surface area contributed by atoms with Gasteiger partial charge in [-0.25, -0.2) is 24.7 Å². The standard InChI is InChI=1S/C30H37N7O2/c1-20-9-10-22-24(20)26(35-19-34-22)37-18-30(11-15-36(16-12-30)28(38)39-29(2,3)4)25-21(7-5-8-23(25)37)17-33-27-31-13-6-14-32-27/h5-8,13-14,19-20H,9-12,15-18H2,1-4H3,(H,31,32,33). The fraction of sp³-hybridized carbons (Fsp3) is 0.500. The lowest BCUT2D eigenvalue weighted by Crippen LogP contribution is -2.48. The molecule has 3 aromatic rings. The van der Waals surface area contributed by atoms with Crippen molar-refractivity contribution < 1.29 is 9.53 Å². The van der Waals surface area contributed by atoms with E-state index in [1.807, 2.05) is 31.7 Å². The van der Waals surface area contributed by atoms with Gasteiger partial charge in [0.15, 0.2) is 0 Å². The molecule has 4 heterocycles. The van der Waals surface area contributed by atoms with E-state index < -0.39 is 5.60 Å². The van der Waals surface area contributed by atoms with E-state index in [1.54, 1.807) is 18.7 Å². The number of rotatable bonds is 4. The zero-order chi connectivity index (χ0) is 27.2. The van der Waals surface area contributed by atoms with Crippen molar-refractivity contribution in [2.24, 2.45) is 0 Å². The number of anilines is 3. The zero-order valence-corrected chi connectivity index (χ0v) is 23.3. The molecule has 9 heteroatoms. The number of amides is 1. The highest BCUT2D eigenvalue weighted by Gasteiger charge is 2.48. The molecule has 0 bridgehead atoms. The largest absolute Gasteiger partial charge is 0.444 e. The lowest BCUT2D eigenvalue weighted by Gasteiger charge is -2.41. The number of likely N-dealkylation sites (tertiary alicyclic amines) is 1. The van der Waals surface area contributed by atoms with E-state index in [0.717, 1.165) is 38.0 Å². The Labute approximate surface area is 230 Å². The summed E-state index contributed by atoms with van der Waals surface area (Å²) in [7, 11) is 0. The van der Waals surface area contributed by atoms with Crippen LogP contribution in [0.5, 0.6) is 0 Å². The molecular formula is C30H37N7O2. The average molecular weight is 528 g/mol. The number of hydrogen-bond acceptors (Lipinski definition) is 8. The SMILES string of the molecule is CC1CCc2ncnc(N3CC4(CCN(C(=O)OC(C)(C)C)CC4)c4c(CNc5ncccn5)cccc43)c21. The molecule has 2 aliphatic heterocycles. The van der Waals surface area contributed by atoms with Crippen molar-refractivity contribution >= 4 is 23.5 Å². The van der Waals surface area contributed by atoms with E-state index in [9.17, 15) is 4.79 Å². The third kappa shape index (κ3) is 4.79. The number of carbonyl (C=O) groups is 1. The van der Waals surface area contributed by atoms with Crippen molar-refractivity contribution in [1.29, 1.82) is 0 Å². The summed E-state index contributed by atoms with van der Waals surface area (Å²) in [5.74, 6) is 2.08. The van der Waals surface area contributed by atoms with Crippen LogP contribution >= 0.6 is 0 Å². The number of carbonyl (C=O) groups excluding carboxylic acids is 1. The molecular weight excluding hydrogens is 490 g/mol. The summed E-state index contributed by atoms with van der Waals surface area (Å²) in [5.41, 5.74) is 5.62. The number of fused-ring (bicyclic) bond motifs is 3. The lowest BCUT2D eigenvalue weighted by atomic mass is 9.72. The topological polar surface area (TPSA) is 96.4 Å². The van der Waals surface area contributed by atoms with E-state index in [2.05, 4.69) is 50.3 Å². The monoisotopic (exact) mass is 527 g/mol. The number of aryl methyl sites for hydroxylation is 1. The minimum atomic E-state index is -0.509. The van der Waals surface area contributed by atoms with Crippen molar-refractivity contribution in [3.8, 4) is 0 Å². The van der Waals surface area contributed by atoms with Crippen molar-refractivity contribution in [3.05, 3.63) is 65.4 Å². The first-order valence-corrected chi connectivity index (χ1v) is 14.0. The van der Waals surface area contributed by atoms with Crippen LogP contribution < -0.4 is 10.2 Å². The van der Waals surface area contributed by atoms with Gasteiger partial charge in [-0.1, -0.05) is 19.1 Å². The van der Waals surface area contributed by atoms with Gasteiger partial charge in [-0.05, 0) is 75.6 Å². The van der Waals surface area contributed by atoms with Crippen molar-refractivity contribution in [3.63, 3.8) is 0 Å². The fourth-order valence-electron chi connectivity index (χ4n) is 6.48. The Morgan fingerprint density at radius 1 is 1.10 bits per heavy atom. The first kappa shape index (κ1) is 25.5. The van der Waals surface area contributed by atoms with Gasteiger partial charge in [-0.3, -0.25) is 0 Å². The van der Waals surface area contributed by atoms with Gasteiger partial charge in [0.25, 0.3) is 0 Å². The van der Waals surface area contributed by atoms with Crippen LogP contribution in [0.3, 0.4) is 0 Å². The van der Waals surface area contributed by atoms with E-state index >= 15 is 0 Å². The molecule has 1 aromatic carbocycles. The molecule has 1 spiro atoms. The van der Waals surface area contributed by atoms with Crippen molar-refractivity contribution in [1.82, 2.24) is 24.8 Å².